The van der Waals surface area contributed by atoms with Crippen LogP contribution in [0.25, 0.3) is 0 Å². The maximum Gasteiger partial charge on any atom is 0.136 e. The third kappa shape index (κ3) is 1.47. The molecule has 0 aliphatic heterocycles. The lowest BCUT2D eigenvalue weighted by atomic mass is 9.66. The lowest BCUT2D eigenvalue weighted by Gasteiger charge is -2.37. The minimum Gasteiger partial charge on any atom is -0.299 e. The maximum atomic E-state index is 11.4. The van der Waals surface area contributed by atoms with Crippen LogP contribution in [0.2, 0.25) is 0 Å². The van der Waals surface area contributed by atoms with E-state index in [9.17, 15) is 4.79 Å². The van der Waals surface area contributed by atoms with Crippen LogP contribution in [-0.2, 0) is 4.79 Å². The molecule has 0 radical (unpaired) electrons. The smallest absolute Gasteiger partial charge is 0.136 e. The van der Waals surface area contributed by atoms with E-state index in [0.29, 0.717) is 17.1 Å². The Hall–Kier alpha value is -0.330. The lowest BCUT2D eigenvalue weighted by Crippen LogP contribution is -2.34. The Labute approximate surface area is 69.2 Å². The van der Waals surface area contributed by atoms with E-state index in [0.717, 1.165) is 19.3 Å². The number of hydrogen-bond acceptors (Lipinski definition) is 1. The van der Waals surface area contributed by atoms with Crippen LogP contribution in [0.5, 0.6) is 0 Å². The number of rotatable bonds is 1. The quantitative estimate of drug-likeness (QED) is 0.567. The highest BCUT2D eigenvalue weighted by molar-refractivity contribution is 5.82. The standard InChI is InChI=1S/C10H18O/c1-4-10(3)7-5-6-9(11)8(10)2/h8H,4-7H2,1-3H3/t8?,10-/m0/s1. The Morgan fingerprint density at radius 1 is 1.64 bits per heavy atom. The first-order valence-corrected chi connectivity index (χ1v) is 4.63. The molecule has 0 N–H and O–H groups in total. The van der Waals surface area contributed by atoms with Crippen molar-refractivity contribution in [2.24, 2.45) is 11.3 Å². The molecule has 0 aromatic heterocycles. The van der Waals surface area contributed by atoms with Crippen LogP contribution in [0.3, 0.4) is 0 Å². The monoisotopic (exact) mass is 154 g/mol. The zero-order valence-electron chi connectivity index (χ0n) is 7.81. The topological polar surface area (TPSA) is 17.1 Å². The van der Waals surface area contributed by atoms with Crippen LogP contribution in [0, 0.1) is 11.3 Å². The van der Waals surface area contributed by atoms with Crippen molar-refractivity contribution in [2.75, 3.05) is 0 Å². The highest BCUT2D eigenvalue weighted by Gasteiger charge is 2.36. The molecule has 0 aromatic rings. The van der Waals surface area contributed by atoms with Crippen molar-refractivity contribution < 1.29 is 4.79 Å². The predicted octanol–water partition coefficient (Wildman–Crippen LogP) is 2.79. The molecule has 0 spiro atoms. The molecule has 1 fully saturated rings. The van der Waals surface area contributed by atoms with Crippen LogP contribution in [0.1, 0.15) is 46.5 Å². The molecule has 0 bridgehead atoms. The van der Waals surface area contributed by atoms with E-state index < -0.39 is 0 Å². The first kappa shape index (κ1) is 8.76. The number of hydrogen-bond donors (Lipinski definition) is 0. The van der Waals surface area contributed by atoms with Crippen molar-refractivity contribution in [1.29, 1.82) is 0 Å². The van der Waals surface area contributed by atoms with Crippen LogP contribution in [-0.4, -0.2) is 5.78 Å². The molecular formula is C10H18O. The van der Waals surface area contributed by atoms with Gasteiger partial charge in [-0.15, -0.1) is 0 Å². The van der Waals surface area contributed by atoms with E-state index in [1.807, 2.05) is 0 Å². The first-order valence-electron chi connectivity index (χ1n) is 4.63. The van der Waals surface area contributed by atoms with Crippen LogP contribution < -0.4 is 0 Å². The van der Waals surface area contributed by atoms with E-state index in [-0.39, 0.29) is 0 Å². The van der Waals surface area contributed by atoms with Gasteiger partial charge in [-0.1, -0.05) is 27.2 Å². The fourth-order valence-corrected chi connectivity index (χ4v) is 1.97. The van der Waals surface area contributed by atoms with E-state index in [2.05, 4.69) is 20.8 Å². The summed E-state index contributed by atoms with van der Waals surface area (Å²) in [4.78, 5) is 11.4. The maximum absolute atomic E-state index is 11.4. The van der Waals surface area contributed by atoms with Crippen molar-refractivity contribution in [3.63, 3.8) is 0 Å². The molecule has 1 aliphatic carbocycles. The molecule has 0 heterocycles. The van der Waals surface area contributed by atoms with E-state index >= 15 is 0 Å². The Bertz CT molecular complexity index is 162. The van der Waals surface area contributed by atoms with Gasteiger partial charge in [-0.25, -0.2) is 0 Å². The molecule has 1 nitrogen and oxygen atoms in total. The van der Waals surface area contributed by atoms with Gasteiger partial charge in [0.05, 0.1) is 0 Å². The zero-order valence-corrected chi connectivity index (χ0v) is 7.81. The van der Waals surface area contributed by atoms with Crippen LogP contribution in [0.4, 0.5) is 0 Å². The fraction of sp³-hybridized carbons (Fsp3) is 0.900. The van der Waals surface area contributed by atoms with Gasteiger partial charge in [0.25, 0.3) is 0 Å². The summed E-state index contributed by atoms with van der Waals surface area (Å²) in [6.07, 6.45) is 4.29. The average molecular weight is 154 g/mol. The SMILES string of the molecule is CC[C@@]1(C)CCCC(=O)C1C. The minimum atomic E-state index is 0.293. The molecule has 11 heavy (non-hydrogen) atoms. The van der Waals surface area contributed by atoms with Gasteiger partial charge >= 0.3 is 0 Å². The van der Waals surface area contributed by atoms with Gasteiger partial charge in [0.2, 0.25) is 0 Å². The number of carbonyl (C=O) groups excluding carboxylic acids is 1. The number of carbonyl (C=O) groups is 1. The molecule has 1 saturated carbocycles. The molecule has 1 aliphatic rings. The van der Waals surface area contributed by atoms with Gasteiger partial charge < -0.3 is 0 Å². The molecule has 0 aromatic carbocycles. The second-order valence-corrected chi connectivity index (χ2v) is 4.05. The molecule has 1 unspecified atom stereocenters. The average Bonchev–Trinajstić information content (AvgIpc) is 2.00. The Morgan fingerprint density at radius 3 is 2.73 bits per heavy atom. The fourth-order valence-electron chi connectivity index (χ4n) is 1.97. The summed E-state index contributed by atoms with van der Waals surface area (Å²) in [5.41, 5.74) is 0.301. The summed E-state index contributed by atoms with van der Waals surface area (Å²) in [5.74, 6) is 0.766. The Morgan fingerprint density at radius 2 is 2.27 bits per heavy atom. The first-order chi connectivity index (χ1) is 5.10. The molecule has 2 atom stereocenters. The van der Waals surface area contributed by atoms with Crippen molar-refractivity contribution in [3.05, 3.63) is 0 Å². The third-order valence-corrected chi connectivity index (χ3v) is 3.51. The molecule has 1 rings (SSSR count). The minimum absolute atomic E-state index is 0.293. The van der Waals surface area contributed by atoms with Gasteiger partial charge in [0.1, 0.15) is 5.78 Å². The van der Waals surface area contributed by atoms with E-state index in [4.69, 9.17) is 0 Å². The largest absolute Gasteiger partial charge is 0.299 e. The van der Waals surface area contributed by atoms with Crippen molar-refractivity contribution in [2.45, 2.75) is 46.5 Å². The van der Waals surface area contributed by atoms with E-state index in [1.165, 1.54) is 6.42 Å². The van der Waals surface area contributed by atoms with Crippen LogP contribution in [0.15, 0.2) is 0 Å². The summed E-state index contributed by atoms with van der Waals surface area (Å²) >= 11 is 0. The van der Waals surface area contributed by atoms with Crippen molar-refractivity contribution >= 4 is 5.78 Å². The number of ketones is 1. The van der Waals surface area contributed by atoms with Gasteiger partial charge in [-0.05, 0) is 18.3 Å². The summed E-state index contributed by atoms with van der Waals surface area (Å²) in [6.45, 7) is 6.52. The Balaban J connectivity index is 2.72. The van der Waals surface area contributed by atoms with Gasteiger partial charge in [0.15, 0.2) is 0 Å². The Kier molecular flexibility index (Phi) is 2.36. The molecule has 0 saturated heterocycles. The van der Waals surface area contributed by atoms with Gasteiger partial charge in [0, 0.05) is 12.3 Å². The molecular weight excluding hydrogens is 136 g/mol. The van der Waals surface area contributed by atoms with Gasteiger partial charge in [-0.3, -0.25) is 4.79 Å². The molecule has 64 valence electrons. The summed E-state index contributed by atoms with van der Waals surface area (Å²) in [6, 6.07) is 0. The summed E-state index contributed by atoms with van der Waals surface area (Å²) in [5, 5.41) is 0. The molecule has 0 amide bonds. The second-order valence-electron chi connectivity index (χ2n) is 4.05. The second kappa shape index (κ2) is 2.96. The van der Waals surface area contributed by atoms with Gasteiger partial charge in [-0.2, -0.15) is 0 Å². The summed E-state index contributed by atoms with van der Waals surface area (Å²) in [7, 11) is 0. The predicted molar refractivity (Wildman–Crippen MR) is 46.4 cm³/mol. The molecule has 1 heteroatoms. The van der Waals surface area contributed by atoms with Crippen LogP contribution >= 0.6 is 0 Å². The van der Waals surface area contributed by atoms with Crippen molar-refractivity contribution in [1.82, 2.24) is 0 Å². The normalized spacial score (nSPS) is 39.2. The number of Topliss-reactive ketones (excluding diaryl/α,β-unsaturated/α-hetero) is 1. The summed E-state index contributed by atoms with van der Waals surface area (Å²) < 4.78 is 0. The van der Waals surface area contributed by atoms with Crippen molar-refractivity contribution in [3.8, 4) is 0 Å². The van der Waals surface area contributed by atoms with E-state index in [1.54, 1.807) is 0 Å². The lowest BCUT2D eigenvalue weighted by molar-refractivity contribution is -0.129. The highest BCUT2D eigenvalue weighted by atomic mass is 16.1. The zero-order chi connectivity index (χ0) is 8.48. The third-order valence-electron chi connectivity index (χ3n) is 3.51. The highest BCUT2D eigenvalue weighted by Crippen LogP contribution is 2.41.